The Morgan fingerprint density at radius 2 is 2.15 bits per heavy atom. The van der Waals surface area contributed by atoms with Gasteiger partial charge in [0.15, 0.2) is 0 Å². The van der Waals surface area contributed by atoms with Gasteiger partial charge in [-0.15, -0.1) is 0 Å². The van der Waals surface area contributed by atoms with Crippen molar-refractivity contribution in [1.29, 1.82) is 0 Å². The summed E-state index contributed by atoms with van der Waals surface area (Å²) >= 11 is 0. The molecule has 6 nitrogen and oxygen atoms in total. The maximum atomic E-state index is 11.6. The Hall–Kier alpha value is -2.73. The van der Waals surface area contributed by atoms with Crippen LogP contribution in [0, 0.1) is 6.92 Å². The fourth-order valence-electron chi connectivity index (χ4n) is 3.88. The van der Waals surface area contributed by atoms with E-state index < -0.39 is 5.91 Å². The van der Waals surface area contributed by atoms with Crippen LogP contribution in [0.2, 0.25) is 0 Å². The minimum Gasteiger partial charge on any atom is -0.364 e. The third-order valence-corrected chi connectivity index (χ3v) is 5.37. The number of rotatable bonds is 4. The molecule has 1 aliphatic rings. The Bertz CT molecular complexity index is 979. The number of aromatic amines is 1. The van der Waals surface area contributed by atoms with Crippen molar-refractivity contribution in [3.8, 4) is 0 Å². The molecule has 1 aliphatic heterocycles. The van der Waals surface area contributed by atoms with Crippen LogP contribution < -0.4 is 5.73 Å². The number of nitrogens with two attached hydrogens (primary N) is 1. The number of H-pyrrole nitrogens is 1. The summed E-state index contributed by atoms with van der Waals surface area (Å²) in [5.74, 6) is 0.173. The number of carbonyl (C=O) groups excluding carboxylic acids is 1. The van der Waals surface area contributed by atoms with Gasteiger partial charge in [0.05, 0.1) is 5.54 Å². The van der Waals surface area contributed by atoms with Crippen molar-refractivity contribution < 1.29 is 4.79 Å². The van der Waals surface area contributed by atoms with E-state index in [1.807, 2.05) is 13.1 Å². The Morgan fingerprint density at radius 3 is 2.96 bits per heavy atom. The summed E-state index contributed by atoms with van der Waals surface area (Å²) in [5, 5.41) is 1.21. The molecule has 3 heterocycles. The number of aromatic nitrogens is 3. The van der Waals surface area contributed by atoms with Gasteiger partial charge in [0, 0.05) is 24.0 Å². The van der Waals surface area contributed by atoms with Gasteiger partial charge in [-0.3, -0.25) is 9.69 Å². The van der Waals surface area contributed by atoms with Gasteiger partial charge in [-0.05, 0) is 62.4 Å². The first-order chi connectivity index (χ1) is 12.5. The molecular formula is C20H23N5O. The highest BCUT2D eigenvalue weighted by Gasteiger charge is 2.41. The molecular weight excluding hydrogens is 326 g/mol. The third-order valence-electron chi connectivity index (χ3n) is 5.37. The number of amides is 1. The number of primary amides is 1. The Balaban J connectivity index is 1.67. The SMILES string of the molecule is Cc1cc(C(N)=O)nc([C@@]2(C)CCCN2Cc2ccc3cc[nH]c3c2)n1. The summed E-state index contributed by atoms with van der Waals surface area (Å²) in [6, 6.07) is 10.2. The van der Waals surface area contributed by atoms with Gasteiger partial charge in [-0.2, -0.15) is 0 Å². The van der Waals surface area contributed by atoms with Crippen LogP contribution in [0.1, 0.15) is 47.3 Å². The summed E-state index contributed by atoms with van der Waals surface area (Å²) in [5.41, 5.74) is 8.59. The van der Waals surface area contributed by atoms with Gasteiger partial charge >= 0.3 is 0 Å². The lowest BCUT2D eigenvalue weighted by molar-refractivity contribution is 0.0991. The van der Waals surface area contributed by atoms with Crippen molar-refractivity contribution in [2.45, 2.75) is 38.8 Å². The normalized spacial score (nSPS) is 20.7. The molecule has 1 saturated heterocycles. The number of fused-ring (bicyclic) bond motifs is 1. The highest BCUT2D eigenvalue weighted by Crippen LogP contribution is 2.38. The van der Waals surface area contributed by atoms with E-state index in [1.54, 1.807) is 6.07 Å². The van der Waals surface area contributed by atoms with Crippen LogP contribution in [0.3, 0.4) is 0 Å². The maximum absolute atomic E-state index is 11.6. The largest absolute Gasteiger partial charge is 0.364 e. The van der Waals surface area contributed by atoms with Gasteiger partial charge in [-0.1, -0.05) is 12.1 Å². The molecule has 1 atom stereocenters. The van der Waals surface area contributed by atoms with Crippen LogP contribution in [-0.4, -0.2) is 32.3 Å². The highest BCUT2D eigenvalue weighted by atomic mass is 16.1. The highest BCUT2D eigenvalue weighted by molar-refractivity contribution is 5.90. The smallest absolute Gasteiger partial charge is 0.267 e. The average Bonchev–Trinajstić information content (AvgIpc) is 3.21. The minimum atomic E-state index is -0.512. The number of hydrogen-bond acceptors (Lipinski definition) is 4. The van der Waals surface area contributed by atoms with Crippen LogP contribution >= 0.6 is 0 Å². The number of benzene rings is 1. The van der Waals surface area contributed by atoms with Crippen molar-refractivity contribution in [2.75, 3.05) is 6.54 Å². The fourth-order valence-corrected chi connectivity index (χ4v) is 3.88. The molecule has 134 valence electrons. The van der Waals surface area contributed by atoms with Gasteiger partial charge in [0.1, 0.15) is 11.5 Å². The molecule has 6 heteroatoms. The van der Waals surface area contributed by atoms with E-state index in [4.69, 9.17) is 5.73 Å². The predicted molar refractivity (Wildman–Crippen MR) is 101 cm³/mol. The first-order valence-electron chi connectivity index (χ1n) is 8.93. The summed E-state index contributed by atoms with van der Waals surface area (Å²) in [4.78, 5) is 26.4. The van der Waals surface area contributed by atoms with Crippen molar-refractivity contribution in [3.05, 3.63) is 59.3 Å². The van der Waals surface area contributed by atoms with Gasteiger partial charge < -0.3 is 10.7 Å². The van der Waals surface area contributed by atoms with Crippen LogP contribution in [-0.2, 0) is 12.1 Å². The number of aryl methyl sites for hydroxylation is 1. The van der Waals surface area contributed by atoms with E-state index in [1.165, 1.54) is 10.9 Å². The summed E-state index contributed by atoms with van der Waals surface area (Å²) in [7, 11) is 0. The second kappa shape index (κ2) is 6.21. The van der Waals surface area contributed by atoms with Crippen molar-refractivity contribution >= 4 is 16.8 Å². The molecule has 1 aromatic carbocycles. The van der Waals surface area contributed by atoms with E-state index >= 15 is 0 Å². The number of likely N-dealkylation sites (tertiary alicyclic amines) is 1. The lowest BCUT2D eigenvalue weighted by Crippen LogP contribution is -2.40. The number of nitrogens with one attached hydrogen (secondary N) is 1. The molecule has 0 radical (unpaired) electrons. The third kappa shape index (κ3) is 2.86. The topological polar surface area (TPSA) is 87.9 Å². The van der Waals surface area contributed by atoms with Gasteiger partial charge in [0.25, 0.3) is 5.91 Å². The van der Waals surface area contributed by atoms with Crippen LogP contribution in [0.25, 0.3) is 10.9 Å². The quantitative estimate of drug-likeness (QED) is 0.758. The zero-order valence-electron chi connectivity index (χ0n) is 15.1. The molecule has 1 fully saturated rings. The van der Waals surface area contributed by atoms with Crippen molar-refractivity contribution in [1.82, 2.24) is 19.9 Å². The Labute approximate surface area is 152 Å². The summed E-state index contributed by atoms with van der Waals surface area (Å²) in [6.45, 7) is 5.82. The lowest BCUT2D eigenvalue weighted by Gasteiger charge is -2.34. The molecule has 26 heavy (non-hydrogen) atoms. The van der Waals surface area contributed by atoms with Gasteiger partial charge in [0.2, 0.25) is 0 Å². The molecule has 0 unspecified atom stereocenters. The van der Waals surface area contributed by atoms with Gasteiger partial charge in [-0.25, -0.2) is 9.97 Å². The molecule has 2 aromatic heterocycles. The van der Waals surface area contributed by atoms with E-state index in [9.17, 15) is 4.79 Å². The Kier molecular flexibility index (Phi) is 4.00. The molecule has 1 amide bonds. The van der Waals surface area contributed by atoms with E-state index in [0.29, 0.717) is 5.82 Å². The molecule has 0 aliphatic carbocycles. The zero-order valence-corrected chi connectivity index (χ0v) is 15.1. The number of carbonyl (C=O) groups is 1. The molecule has 0 spiro atoms. The molecule has 3 aromatic rings. The zero-order chi connectivity index (χ0) is 18.3. The second-order valence-electron chi connectivity index (χ2n) is 7.28. The molecule has 3 N–H and O–H groups in total. The molecule has 4 rings (SSSR count). The van der Waals surface area contributed by atoms with Crippen molar-refractivity contribution in [3.63, 3.8) is 0 Å². The summed E-state index contributed by atoms with van der Waals surface area (Å²) in [6.07, 6.45) is 3.99. The first kappa shape index (κ1) is 16.7. The summed E-state index contributed by atoms with van der Waals surface area (Å²) < 4.78 is 0. The first-order valence-corrected chi connectivity index (χ1v) is 8.93. The second-order valence-corrected chi connectivity index (χ2v) is 7.28. The van der Waals surface area contributed by atoms with Crippen LogP contribution in [0.15, 0.2) is 36.5 Å². The van der Waals surface area contributed by atoms with Crippen molar-refractivity contribution in [2.24, 2.45) is 5.73 Å². The minimum absolute atomic E-state index is 0.286. The van der Waals surface area contributed by atoms with Crippen LogP contribution in [0.4, 0.5) is 0 Å². The monoisotopic (exact) mass is 349 g/mol. The average molecular weight is 349 g/mol. The standard InChI is InChI=1S/C20H23N5O/c1-13-10-17(18(21)26)24-19(23-13)20(2)7-3-9-25(20)12-14-4-5-15-6-8-22-16(15)11-14/h4-6,8,10-11,22H,3,7,9,12H2,1-2H3,(H2,21,26)/t20-/m1/s1. The number of hydrogen-bond donors (Lipinski definition) is 2. The number of nitrogens with zero attached hydrogens (tertiary/aromatic N) is 3. The van der Waals surface area contributed by atoms with E-state index in [2.05, 4.69) is 51.0 Å². The lowest BCUT2D eigenvalue weighted by atomic mass is 9.96. The Morgan fingerprint density at radius 1 is 1.31 bits per heavy atom. The van der Waals surface area contributed by atoms with E-state index in [0.717, 1.165) is 37.1 Å². The van der Waals surface area contributed by atoms with Crippen LogP contribution in [0.5, 0.6) is 0 Å². The fraction of sp³-hybridized carbons (Fsp3) is 0.350. The molecule has 0 saturated carbocycles. The maximum Gasteiger partial charge on any atom is 0.267 e. The predicted octanol–water partition coefficient (Wildman–Crippen LogP) is 2.88. The van der Waals surface area contributed by atoms with E-state index in [-0.39, 0.29) is 11.2 Å². The molecule has 0 bridgehead atoms.